The van der Waals surface area contributed by atoms with Crippen molar-refractivity contribution in [3.05, 3.63) is 101 Å². The van der Waals surface area contributed by atoms with Crippen LogP contribution in [0.25, 0.3) is 11.1 Å². The van der Waals surface area contributed by atoms with E-state index in [4.69, 9.17) is 26.5 Å². The molecular formula is C28H22ClF3N4O3. The van der Waals surface area contributed by atoms with Gasteiger partial charge < -0.3 is 19.8 Å². The van der Waals surface area contributed by atoms with E-state index in [0.717, 1.165) is 18.5 Å². The van der Waals surface area contributed by atoms with E-state index in [-0.39, 0.29) is 40.5 Å². The first-order valence-corrected chi connectivity index (χ1v) is 12.0. The highest BCUT2D eigenvalue weighted by molar-refractivity contribution is 6.33. The summed E-state index contributed by atoms with van der Waals surface area (Å²) in [4.78, 5) is 22.4. The molecule has 39 heavy (non-hydrogen) atoms. The second kappa shape index (κ2) is 12.0. The third kappa shape index (κ3) is 6.53. The molecule has 0 bridgehead atoms. The summed E-state index contributed by atoms with van der Waals surface area (Å²) in [5.41, 5.74) is 0.0109. The number of pyridine rings is 2. The van der Waals surface area contributed by atoms with Gasteiger partial charge in [0.25, 0.3) is 5.91 Å². The first-order valence-electron chi connectivity index (χ1n) is 11.6. The molecule has 1 amide bonds. The zero-order valence-electron chi connectivity index (χ0n) is 20.6. The van der Waals surface area contributed by atoms with Gasteiger partial charge in [0.05, 0.1) is 5.69 Å². The van der Waals surface area contributed by atoms with Crippen molar-refractivity contribution in [3.8, 4) is 22.8 Å². The molecule has 4 rings (SSSR count). The van der Waals surface area contributed by atoms with Crippen LogP contribution in [0.4, 0.5) is 18.9 Å². The first-order chi connectivity index (χ1) is 18.7. The number of para-hydroxylation sites is 2. The molecule has 200 valence electrons. The number of amides is 1. The third-order valence-corrected chi connectivity index (χ3v) is 5.97. The van der Waals surface area contributed by atoms with E-state index in [0.29, 0.717) is 17.3 Å². The van der Waals surface area contributed by atoms with Crippen LogP contribution in [0.5, 0.6) is 11.6 Å². The molecule has 0 aliphatic rings. The molecule has 0 saturated heterocycles. The van der Waals surface area contributed by atoms with Gasteiger partial charge in [-0.3, -0.25) is 9.78 Å². The van der Waals surface area contributed by atoms with Gasteiger partial charge in [0.1, 0.15) is 24.7 Å². The van der Waals surface area contributed by atoms with E-state index in [1.165, 1.54) is 23.1 Å². The lowest BCUT2D eigenvalue weighted by Crippen LogP contribution is -2.27. The molecular weight excluding hydrogens is 533 g/mol. The number of carbonyl (C=O) groups is 1. The quantitative estimate of drug-likeness (QED) is 0.187. The molecule has 0 radical (unpaired) electrons. The van der Waals surface area contributed by atoms with Gasteiger partial charge in [-0.15, -0.1) is 0 Å². The maximum atomic E-state index is 13.4. The molecule has 2 heterocycles. The van der Waals surface area contributed by atoms with Crippen molar-refractivity contribution >= 4 is 29.4 Å². The zero-order valence-corrected chi connectivity index (χ0v) is 21.3. The summed E-state index contributed by atoms with van der Waals surface area (Å²) in [5, 5.41) is 7.79. The molecule has 1 N–H and O–H groups in total. The summed E-state index contributed by atoms with van der Waals surface area (Å²) in [6, 6.07) is 17.5. The Balaban J connectivity index is 1.55. The summed E-state index contributed by atoms with van der Waals surface area (Å²) < 4.78 is 50.7. The van der Waals surface area contributed by atoms with Crippen LogP contribution in [-0.4, -0.2) is 42.4 Å². The standard InChI is InChI=1S/C28H22ClF3N4O3/c1-36(23-6-2-3-7-24(23)38-12-13-39-26-8-4-5-11-34-26)27(37)18-9-10-22(29)20(14-18)21-17-35-25(28(30,31)32)15-19(21)16-33/h2-11,14-17,33H,12-13H2,1H3. The summed E-state index contributed by atoms with van der Waals surface area (Å²) in [5.74, 6) is 0.504. The van der Waals surface area contributed by atoms with Crippen molar-refractivity contribution in [1.29, 1.82) is 5.41 Å². The summed E-state index contributed by atoms with van der Waals surface area (Å²) in [7, 11) is 1.58. The number of nitrogens with one attached hydrogen (secondary N) is 1. The van der Waals surface area contributed by atoms with Crippen molar-refractivity contribution in [3.63, 3.8) is 0 Å². The predicted molar refractivity (Wildman–Crippen MR) is 142 cm³/mol. The maximum absolute atomic E-state index is 13.4. The van der Waals surface area contributed by atoms with E-state index in [9.17, 15) is 18.0 Å². The number of halogens is 4. The number of aromatic nitrogens is 2. The van der Waals surface area contributed by atoms with Crippen LogP contribution in [0.15, 0.2) is 79.1 Å². The molecule has 7 nitrogen and oxygen atoms in total. The number of carbonyl (C=O) groups excluding carboxylic acids is 1. The minimum absolute atomic E-state index is 0.0381. The second-order valence-electron chi connectivity index (χ2n) is 8.19. The van der Waals surface area contributed by atoms with Crippen molar-refractivity contribution < 1.29 is 27.4 Å². The Morgan fingerprint density at radius 3 is 2.46 bits per heavy atom. The fourth-order valence-electron chi connectivity index (χ4n) is 3.72. The van der Waals surface area contributed by atoms with Gasteiger partial charge >= 0.3 is 6.18 Å². The number of benzene rings is 2. The molecule has 2 aromatic carbocycles. The average Bonchev–Trinajstić information content (AvgIpc) is 2.95. The molecule has 4 aromatic rings. The average molecular weight is 555 g/mol. The van der Waals surface area contributed by atoms with Crippen LogP contribution in [0.2, 0.25) is 5.02 Å². The number of alkyl halides is 3. The minimum atomic E-state index is -4.67. The van der Waals surface area contributed by atoms with Crippen LogP contribution >= 0.6 is 11.6 Å². The summed E-state index contributed by atoms with van der Waals surface area (Å²) >= 11 is 6.34. The van der Waals surface area contributed by atoms with Crippen molar-refractivity contribution in [2.24, 2.45) is 0 Å². The van der Waals surface area contributed by atoms with E-state index in [1.54, 1.807) is 55.7 Å². The monoisotopic (exact) mass is 554 g/mol. The van der Waals surface area contributed by atoms with E-state index in [2.05, 4.69) is 9.97 Å². The Labute approximate surface area is 227 Å². The topological polar surface area (TPSA) is 88.4 Å². The van der Waals surface area contributed by atoms with Gasteiger partial charge in [-0.2, -0.15) is 13.2 Å². The Hall–Kier alpha value is -4.44. The highest BCUT2D eigenvalue weighted by atomic mass is 35.5. The smallest absolute Gasteiger partial charge is 0.433 e. The van der Waals surface area contributed by atoms with Crippen molar-refractivity contribution in [1.82, 2.24) is 9.97 Å². The normalized spacial score (nSPS) is 11.1. The van der Waals surface area contributed by atoms with E-state index >= 15 is 0 Å². The highest BCUT2D eigenvalue weighted by Gasteiger charge is 2.33. The van der Waals surface area contributed by atoms with Crippen LogP contribution in [0, 0.1) is 5.41 Å². The SMILES string of the molecule is CN(C(=O)c1ccc(Cl)c(-c2cnc(C(F)(F)F)cc2C=N)c1)c1ccccc1OCCOc1ccccn1. The number of nitrogens with zero attached hydrogens (tertiary/aromatic N) is 3. The van der Waals surface area contributed by atoms with Gasteiger partial charge in [0.2, 0.25) is 5.88 Å². The Morgan fingerprint density at radius 2 is 1.74 bits per heavy atom. The minimum Gasteiger partial charge on any atom is -0.488 e. The number of ether oxygens (including phenoxy) is 2. The third-order valence-electron chi connectivity index (χ3n) is 5.65. The molecule has 2 aromatic heterocycles. The lowest BCUT2D eigenvalue weighted by molar-refractivity contribution is -0.141. The predicted octanol–water partition coefficient (Wildman–Crippen LogP) is 6.55. The molecule has 0 aliphatic heterocycles. The zero-order chi connectivity index (χ0) is 28.0. The van der Waals surface area contributed by atoms with Gasteiger partial charge in [-0.1, -0.05) is 29.8 Å². The Kier molecular flexibility index (Phi) is 8.46. The lowest BCUT2D eigenvalue weighted by atomic mass is 9.99. The van der Waals surface area contributed by atoms with Crippen molar-refractivity contribution in [2.45, 2.75) is 6.18 Å². The molecule has 0 atom stereocenters. The molecule has 0 saturated carbocycles. The maximum Gasteiger partial charge on any atom is 0.433 e. The Bertz CT molecular complexity index is 1480. The number of anilines is 1. The molecule has 0 unspecified atom stereocenters. The first kappa shape index (κ1) is 27.6. The van der Waals surface area contributed by atoms with Gasteiger partial charge in [0, 0.05) is 59.0 Å². The molecule has 0 spiro atoms. The molecule has 11 heteroatoms. The summed E-state index contributed by atoms with van der Waals surface area (Å²) in [6.45, 7) is 0.439. The van der Waals surface area contributed by atoms with Crippen molar-refractivity contribution in [2.75, 3.05) is 25.2 Å². The number of hydrogen-bond acceptors (Lipinski definition) is 6. The van der Waals surface area contributed by atoms with Crippen LogP contribution in [0.3, 0.4) is 0 Å². The van der Waals surface area contributed by atoms with Gasteiger partial charge in [0.15, 0.2) is 0 Å². The lowest BCUT2D eigenvalue weighted by Gasteiger charge is -2.21. The number of hydrogen-bond donors (Lipinski definition) is 1. The Morgan fingerprint density at radius 1 is 1.00 bits per heavy atom. The van der Waals surface area contributed by atoms with Gasteiger partial charge in [-0.05, 0) is 42.5 Å². The second-order valence-corrected chi connectivity index (χ2v) is 8.60. The van der Waals surface area contributed by atoms with Crippen LogP contribution in [0.1, 0.15) is 21.6 Å². The van der Waals surface area contributed by atoms with Crippen LogP contribution < -0.4 is 14.4 Å². The highest BCUT2D eigenvalue weighted by Crippen LogP contribution is 2.35. The molecule has 0 aliphatic carbocycles. The fraction of sp³-hybridized carbons (Fsp3) is 0.143. The largest absolute Gasteiger partial charge is 0.488 e. The van der Waals surface area contributed by atoms with Gasteiger partial charge in [-0.25, -0.2) is 4.98 Å². The molecule has 0 fully saturated rings. The fourth-order valence-corrected chi connectivity index (χ4v) is 3.94. The summed E-state index contributed by atoms with van der Waals surface area (Å²) in [6.07, 6.45) is -1.26. The number of rotatable bonds is 9. The van der Waals surface area contributed by atoms with E-state index < -0.39 is 17.8 Å². The van der Waals surface area contributed by atoms with E-state index in [1.807, 2.05) is 0 Å². The van der Waals surface area contributed by atoms with Crippen LogP contribution in [-0.2, 0) is 6.18 Å².